The maximum Gasteiger partial charge on any atom is 0.0615 e. The monoisotopic (exact) mass is 311 g/mol. The lowest BCUT2D eigenvalue weighted by molar-refractivity contribution is 0.156. The number of benzene rings is 1. The van der Waals surface area contributed by atoms with Crippen LogP contribution in [0.5, 0.6) is 0 Å². The molecule has 2 nitrogen and oxygen atoms in total. The van der Waals surface area contributed by atoms with Gasteiger partial charge >= 0.3 is 0 Å². The molecule has 1 aromatic rings. The summed E-state index contributed by atoms with van der Waals surface area (Å²) in [5.41, 5.74) is 3.00. The molecular weight excluding hydrogens is 290 g/mol. The summed E-state index contributed by atoms with van der Waals surface area (Å²) in [5.74, 6) is 0. The molecule has 0 saturated carbocycles. The molecule has 2 atom stereocenters. The smallest absolute Gasteiger partial charge is 0.0615 e. The lowest BCUT2D eigenvalue weighted by Crippen LogP contribution is -2.43. The van der Waals surface area contributed by atoms with Gasteiger partial charge < -0.3 is 10.1 Å². The van der Waals surface area contributed by atoms with Crippen molar-refractivity contribution in [1.82, 2.24) is 5.32 Å². The van der Waals surface area contributed by atoms with Crippen molar-refractivity contribution in [2.45, 2.75) is 44.7 Å². The Bertz CT molecular complexity index is 394. The zero-order valence-corrected chi connectivity index (χ0v) is 12.8. The van der Waals surface area contributed by atoms with Gasteiger partial charge in [-0.3, -0.25) is 0 Å². The second-order valence-electron chi connectivity index (χ2n) is 5.08. The van der Waals surface area contributed by atoms with Crippen LogP contribution in [0.3, 0.4) is 0 Å². The molecular formula is C15H22BrNO. The van der Waals surface area contributed by atoms with E-state index in [1.54, 1.807) is 7.11 Å². The van der Waals surface area contributed by atoms with Crippen LogP contribution in [0.15, 0.2) is 22.7 Å². The molecule has 0 amide bonds. The van der Waals surface area contributed by atoms with Gasteiger partial charge in [0.1, 0.15) is 0 Å². The highest BCUT2D eigenvalue weighted by molar-refractivity contribution is 9.10. The van der Waals surface area contributed by atoms with Crippen molar-refractivity contribution in [3.63, 3.8) is 0 Å². The van der Waals surface area contributed by atoms with E-state index in [0.29, 0.717) is 12.1 Å². The van der Waals surface area contributed by atoms with Crippen molar-refractivity contribution in [2.75, 3.05) is 13.7 Å². The molecule has 2 rings (SSSR count). The Morgan fingerprint density at radius 2 is 2.28 bits per heavy atom. The number of fused-ring (bicyclic) bond motifs is 1. The van der Waals surface area contributed by atoms with Gasteiger partial charge in [-0.15, -0.1) is 0 Å². The van der Waals surface area contributed by atoms with Crippen molar-refractivity contribution in [3.05, 3.63) is 33.8 Å². The highest BCUT2D eigenvalue weighted by atomic mass is 79.9. The molecule has 2 unspecified atom stereocenters. The lowest BCUT2D eigenvalue weighted by atomic mass is 9.88. The second kappa shape index (κ2) is 6.69. The van der Waals surface area contributed by atoms with E-state index in [0.717, 1.165) is 19.4 Å². The molecule has 1 aliphatic carbocycles. The van der Waals surface area contributed by atoms with Crippen LogP contribution in [-0.4, -0.2) is 25.8 Å². The molecule has 0 fully saturated rings. The summed E-state index contributed by atoms with van der Waals surface area (Å²) in [7, 11) is 1.78. The Morgan fingerprint density at radius 3 is 3.00 bits per heavy atom. The first-order chi connectivity index (χ1) is 8.72. The average Bonchev–Trinajstić information content (AvgIpc) is 2.38. The van der Waals surface area contributed by atoms with Crippen LogP contribution in [0.2, 0.25) is 0 Å². The zero-order chi connectivity index (χ0) is 13.0. The van der Waals surface area contributed by atoms with E-state index in [9.17, 15) is 0 Å². The fourth-order valence-electron chi connectivity index (χ4n) is 2.68. The number of hydrogen-bond acceptors (Lipinski definition) is 2. The maximum absolute atomic E-state index is 5.25. The van der Waals surface area contributed by atoms with Gasteiger partial charge in [0.15, 0.2) is 0 Å². The van der Waals surface area contributed by atoms with Gasteiger partial charge in [0, 0.05) is 23.7 Å². The quantitative estimate of drug-likeness (QED) is 0.900. The van der Waals surface area contributed by atoms with Gasteiger partial charge in [0.25, 0.3) is 0 Å². The third-order valence-corrected chi connectivity index (χ3v) is 4.22. The molecule has 0 spiro atoms. The van der Waals surface area contributed by atoms with Gasteiger partial charge in [-0.25, -0.2) is 0 Å². The Hall–Kier alpha value is -0.380. The Morgan fingerprint density at radius 1 is 1.44 bits per heavy atom. The van der Waals surface area contributed by atoms with Crippen molar-refractivity contribution in [3.8, 4) is 0 Å². The fourth-order valence-corrected chi connectivity index (χ4v) is 3.09. The number of ether oxygens (including phenoxy) is 1. The van der Waals surface area contributed by atoms with Gasteiger partial charge in [0.2, 0.25) is 0 Å². The minimum Gasteiger partial charge on any atom is -0.383 e. The molecule has 1 aromatic carbocycles. The van der Waals surface area contributed by atoms with E-state index in [1.165, 1.54) is 28.4 Å². The zero-order valence-electron chi connectivity index (χ0n) is 11.2. The molecule has 0 aliphatic heterocycles. The largest absolute Gasteiger partial charge is 0.383 e. The fraction of sp³-hybridized carbons (Fsp3) is 0.600. The van der Waals surface area contributed by atoms with Crippen LogP contribution in [0.4, 0.5) is 0 Å². The number of halogens is 1. The Balaban J connectivity index is 1.97. The predicted molar refractivity (Wildman–Crippen MR) is 79.0 cm³/mol. The summed E-state index contributed by atoms with van der Waals surface area (Å²) in [6, 6.07) is 7.74. The van der Waals surface area contributed by atoms with Crippen molar-refractivity contribution < 1.29 is 4.74 Å². The van der Waals surface area contributed by atoms with Gasteiger partial charge in [0.05, 0.1) is 6.61 Å². The summed E-state index contributed by atoms with van der Waals surface area (Å²) < 4.78 is 6.45. The van der Waals surface area contributed by atoms with Crippen molar-refractivity contribution >= 4 is 15.9 Å². The van der Waals surface area contributed by atoms with Crippen LogP contribution < -0.4 is 5.32 Å². The van der Waals surface area contributed by atoms with Crippen LogP contribution in [0.1, 0.15) is 30.9 Å². The third kappa shape index (κ3) is 3.56. The van der Waals surface area contributed by atoms with Crippen molar-refractivity contribution in [1.29, 1.82) is 0 Å². The summed E-state index contributed by atoms with van der Waals surface area (Å²) in [4.78, 5) is 0. The molecule has 3 heteroatoms. The highest BCUT2D eigenvalue weighted by Gasteiger charge is 2.20. The summed E-state index contributed by atoms with van der Waals surface area (Å²) >= 11 is 3.55. The average molecular weight is 312 g/mol. The van der Waals surface area contributed by atoms with E-state index >= 15 is 0 Å². The summed E-state index contributed by atoms with van der Waals surface area (Å²) in [5, 5.41) is 3.73. The lowest BCUT2D eigenvalue weighted by Gasteiger charge is -2.29. The normalized spacial score (nSPS) is 20.5. The summed E-state index contributed by atoms with van der Waals surface area (Å²) in [6.45, 7) is 3.02. The summed E-state index contributed by atoms with van der Waals surface area (Å²) in [6.07, 6.45) is 4.67. The highest BCUT2D eigenvalue weighted by Crippen LogP contribution is 2.25. The van der Waals surface area contributed by atoms with Crippen LogP contribution in [0, 0.1) is 0 Å². The minimum atomic E-state index is 0.483. The molecule has 0 aromatic heterocycles. The van der Waals surface area contributed by atoms with E-state index < -0.39 is 0 Å². The molecule has 18 heavy (non-hydrogen) atoms. The molecule has 0 saturated heterocycles. The van der Waals surface area contributed by atoms with Crippen molar-refractivity contribution in [2.24, 2.45) is 0 Å². The molecule has 0 radical (unpaired) electrons. The Kier molecular flexibility index (Phi) is 5.22. The van der Waals surface area contributed by atoms with Crippen LogP contribution >= 0.6 is 15.9 Å². The van der Waals surface area contributed by atoms with E-state index in [2.05, 4.69) is 46.4 Å². The first kappa shape index (κ1) is 14.0. The number of methoxy groups -OCH3 is 1. The Labute approximate surface area is 118 Å². The molecule has 1 N–H and O–H groups in total. The van der Waals surface area contributed by atoms with Gasteiger partial charge in [-0.1, -0.05) is 28.9 Å². The number of rotatable bonds is 5. The predicted octanol–water partition coefficient (Wildman–Crippen LogP) is 3.32. The molecule has 1 aliphatic rings. The first-order valence-corrected chi connectivity index (χ1v) is 7.54. The molecule has 0 heterocycles. The van der Waals surface area contributed by atoms with E-state index in [-0.39, 0.29) is 0 Å². The van der Waals surface area contributed by atoms with Crippen LogP contribution in [-0.2, 0) is 17.6 Å². The number of hydrogen-bond donors (Lipinski definition) is 1. The first-order valence-electron chi connectivity index (χ1n) is 6.75. The van der Waals surface area contributed by atoms with Gasteiger partial charge in [-0.2, -0.15) is 0 Å². The number of nitrogens with one attached hydrogen (secondary N) is 1. The second-order valence-corrected chi connectivity index (χ2v) is 6.00. The van der Waals surface area contributed by atoms with E-state index in [4.69, 9.17) is 4.74 Å². The molecule has 0 bridgehead atoms. The maximum atomic E-state index is 5.25. The number of aryl methyl sites for hydroxylation is 1. The molecule has 100 valence electrons. The van der Waals surface area contributed by atoms with E-state index in [1.807, 2.05) is 0 Å². The standard InChI is InChI=1S/C15H22BrNO/c1-3-14(10-18-2)17-15-7-5-11-8-13(16)6-4-12(11)9-15/h4,6,8,14-15,17H,3,5,7,9-10H2,1-2H3. The SMILES string of the molecule is CCC(COC)NC1CCc2cc(Br)ccc2C1. The minimum absolute atomic E-state index is 0.483. The van der Waals surface area contributed by atoms with Crippen LogP contribution in [0.25, 0.3) is 0 Å². The third-order valence-electron chi connectivity index (χ3n) is 3.73. The topological polar surface area (TPSA) is 21.3 Å². The van der Waals surface area contributed by atoms with Gasteiger partial charge in [-0.05, 0) is 48.9 Å².